The molecule has 2 aromatic heterocycles. The molecular weight excluding hydrogens is 206 g/mol. The van der Waals surface area contributed by atoms with Crippen LogP contribution in [0.1, 0.15) is 5.82 Å². The van der Waals surface area contributed by atoms with E-state index in [1.807, 2.05) is 29.8 Å². The molecule has 73 valence electrons. The van der Waals surface area contributed by atoms with Gasteiger partial charge in [0.2, 0.25) is 0 Å². The first-order valence-corrected chi connectivity index (χ1v) is 5.42. The van der Waals surface area contributed by atoms with Crippen LogP contribution in [0, 0.1) is 6.92 Å². The van der Waals surface area contributed by atoms with E-state index in [2.05, 4.69) is 21.9 Å². The van der Waals surface area contributed by atoms with Crippen molar-refractivity contribution in [2.45, 2.75) is 0 Å². The zero-order valence-electron chi connectivity index (χ0n) is 7.90. The molecule has 0 spiro atoms. The minimum atomic E-state index is 0.696. The quantitative estimate of drug-likeness (QED) is 0.676. The molecule has 15 heavy (non-hydrogen) atoms. The third-order valence-electron chi connectivity index (χ3n) is 2.21. The second-order valence-electron chi connectivity index (χ2n) is 3.25. The molecule has 0 aliphatic rings. The van der Waals surface area contributed by atoms with Gasteiger partial charge in [0.1, 0.15) is 10.8 Å². The summed E-state index contributed by atoms with van der Waals surface area (Å²) in [6.45, 7) is 3.77. The molecule has 0 aliphatic carbocycles. The molecule has 4 heteroatoms. The number of hydrogen-bond acceptors (Lipinski definition) is 3. The number of aromatic nitrogens is 3. The van der Waals surface area contributed by atoms with Gasteiger partial charge in [0.15, 0.2) is 0 Å². The molecule has 0 bridgehead atoms. The molecule has 0 aliphatic heterocycles. The largest absolute Gasteiger partial charge is 0.342 e. The van der Waals surface area contributed by atoms with Crippen molar-refractivity contribution in [3.05, 3.63) is 42.5 Å². The number of H-pyrrole nitrogens is 1. The van der Waals surface area contributed by atoms with Gasteiger partial charge in [-0.25, -0.2) is 9.97 Å². The van der Waals surface area contributed by atoms with Crippen LogP contribution >= 0.6 is 11.3 Å². The minimum absolute atomic E-state index is 0.696. The SMILES string of the molecule is [CH2]c1nc2cc(-c3nccs3)ccc2[nH]1. The molecule has 1 aromatic carbocycles. The number of benzene rings is 1. The van der Waals surface area contributed by atoms with Gasteiger partial charge < -0.3 is 4.98 Å². The fourth-order valence-electron chi connectivity index (χ4n) is 1.56. The van der Waals surface area contributed by atoms with Crippen LogP contribution in [0.4, 0.5) is 0 Å². The maximum absolute atomic E-state index is 4.29. The molecule has 1 N–H and O–H groups in total. The zero-order chi connectivity index (χ0) is 10.3. The van der Waals surface area contributed by atoms with Gasteiger partial charge in [0.05, 0.1) is 11.0 Å². The number of nitrogens with zero attached hydrogens (tertiary/aromatic N) is 2. The average Bonchev–Trinajstić information content (AvgIpc) is 2.82. The van der Waals surface area contributed by atoms with E-state index in [9.17, 15) is 0 Å². The predicted octanol–water partition coefficient (Wildman–Crippen LogP) is 2.87. The summed E-state index contributed by atoms with van der Waals surface area (Å²) in [7, 11) is 0. The monoisotopic (exact) mass is 214 g/mol. The van der Waals surface area contributed by atoms with Gasteiger partial charge in [0, 0.05) is 24.1 Å². The normalized spacial score (nSPS) is 11.0. The molecule has 0 fully saturated rings. The Morgan fingerprint density at radius 1 is 1.33 bits per heavy atom. The molecule has 3 nitrogen and oxygen atoms in total. The molecule has 3 rings (SSSR count). The summed E-state index contributed by atoms with van der Waals surface area (Å²) in [5.74, 6) is 0.696. The number of aromatic amines is 1. The standard InChI is InChI=1S/C11H8N3S/c1-7-13-9-3-2-8(6-10(9)14-7)11-12-4-5-15-11/h2-6H,1H2,(H,13,14). The first kappa shape index (κ1) is 8.61. The van der Waals surface area contributed by atoms with E-state index >= 15 is 0 Å². The first-order chi connectivity index (χ1) is 7.33. The second-order valence-corrected chi connectivity index (χ2v) is 4.15. The van der Waals surface area contributed by atoms with E-state index in [0.29, 0.717) is 5.82 Å². The summed E-state index contributed by atoms with van der Waals surface area (Å²) < 4.78 is 0. The summed E-state index contributed by atoms with van der Waals surface area (Å²) in [4.78, 5) is 11.7. The van der Waals surface area contributed by atoms with Crippen LogP contribution < -0.4 is 0 Å². The molecular formula is C11H8N3S. The van der Waals surface area contributed by atoms with Crippen LogP contribution in [-0.4, -0.2) is 15.0 Å². The number of hydrogen-bond donors (Lipinski definition) is 1. The van der Waals surface area contributed by atoms with Gasteiger partial charge >= 0.3 is 0 Å². The molecule has 0 saturated carbocycles. The molecule has 1 radical (unpaired) electrons. The van der Waals surface area contributed by atoms with Gasteiger partial charge in [-0.15, -0.1) is 11.3 Å². The van der Waals surface area contributed by atoms with E-state index in [4.69, 9.17) is 0 Å². The van der Waals surface area contributed by atoms with E-state index in [1.165, 1.54) is 0 Å². The van der Waals surface area contributed by atoms with Crippen LogP contribution in [0.25, 0.3) is 21.6 Å². The third-order valence-corrected chi connectivity index (χ3v) is 3.03. The Morgan fingerprint density at radius 2 is 2.27 bits per heavy atom. The number of fused-ring (bicyclic) bond motifs is 1. The van der Waals surface area contributed by atoms with Gasteiger partial charge in [-0.3, -0.25) is 0 Å². The van der Waals surface area contributed by atoms with E-state index < -0.39 is 0 Å². The predicted molar refractivity (Wildman–Crippen MR) is 61.7 cm³/mol. The van der Waals surface area contributed by atoms with E-state index in [-0.39, 0.29) is 0 Å². The number of nitrogens with one attached hydrogen (secondary N) is 1. The lowest BCUT2D eigenvalue weighted by Crippen LogP contribution is -1.76. The highest BCUT2D eigenvalue weighted by Gasteiger charge is 2.04. The smallest absolute Gasteiger partial charge is 0.123 e. The Balaban J connectivity index is 2.21. The lowest BCUT2D eigenvalue weighted by atomic mass is 10.2. The van der Waals surface area contributed by atoms with Crippen molar-refractivity contribution >= 4 is 22.4 Å². The lowest BCUT2D eigenvalue weighted by Gasteiger charge is -1.94. The van der Waals surface area contributed by atoms with Crippen LogP contribution in [0.3, 0.4) is 0 Å². The van der Waals surface area contributed by atoms with Crippen LogP contribution in [0.15, 0.2) is 29.8 Å². The minimum Gasteiger partial charge on any atom is -0.342 e. The Morgan fingerprint density at radius 3 is 3.07 bits per heavy atom. The van der Waals surface area contributed by atoms with Gasteiger partial charge in [-0.2, -0.15) is 0 Å². The van der Waals surface area contributed by atoms with Crippen molar-refractivity contribution in [1.82, 2.24) is 15.0 Å². The topological polar surface area (TPSA) is 41.6 Å². The van der Waals surface area contributed by atoms with Crippen molar-refractivity contribution in [2.75, 3.05) is 0 Å². The van der Waals surface area contributed by atoms with Crippen molar-refractivity contribution in [1.29, 1.82) is 0 Å². The van der Waals surface area contributed by atoms with E-state index in [0.717, 1.165) is 21.6 Å². The summed E-state index contributed by atoms with van der Waals surface area (Å²) in [6.07, 6.45) is 1.81. The highest BCUT2D eigenvalue weighted by Crippen LogP contribution is 2.24. The van der Waals surface area contributed by atoms with Crippen molar-refractivity contribution in [3.8, 4) is 10.6 Å². The van der Waals surface area contributed by atoms with Crippen LogP contribution in [0.5, 0.6) is 0 Å². The molecule has 3 aromatic rings. The Bertz CT molecular complexity index is 595. The number of imidazole rings is 1. The number of rotatable bonds is 1. The second kappa shape index (κ2) is 3.17. The summed E-state index contributed by atoms with van der Waals surface area (Å²) in [5, 5.41) is 2.99. The lowest BCUT2D eigenvalue weighted by molar-refractivity contribution is 1.25. The Hall–Kier alpha value is -1.68. The zero-order valence-corrected chi connectivity index (χ0v) is 8.71. The summed E-state index contributed by atoms with van der Waals surface area (Å²) in [6, 6.07) is 6.08. The van der Waals surface area contributed by atoms with E-state index in [1.54, 1.807) is 11.3 Å². The maximum atomic E-state index is 4.29. The third kappa shape index (κ3) is 1.43. The maximum Gasteiger partial charge on any atom is 0.123 e. The van der Waals surface area contributed by atoms with Crippen molar-refractivity contribution < 1.29 is 0 Å². The number of thiazole rings is 1. The highest BCUT2D eigenvalue weighted by molar-refractivity contribution is 7.13. The van der Waals surface area contributed by atoms with Crippen molar-refractivity contribution in [3.63, 3.8) is 0 Å². The summed E-state index contributed by atoms with van der Waals surface area (Å²) >= 11 is 1.63. The molecule has 0 unspecified atom stereocenters. The molecule has 2 heterocycles. The van der Waals surface area contributed by atoms with Crippen LogP contribution in [-0.2, 0) is 0 Å². The molecule has 0 amide bonds. The van der Waals surface area contributed by atoms with Gasteiger partial charge in [0.25, 0.3) is 0 Å². The fourth-order valence-corrected chi connectivity index (χ4v) is 2.19. The van der Waals surface area contributed by atoms with Crippen molar-refractivity contribution in [2.24, 2.45) is 0 Å². The average molecular weight is 214 g/mol. The molecule has 0 atom stereocenters. The Kier molecular flexibility index (Phi) is 1.82. The van der Waals surface area contributed by atoms with Gasteiger partial charge in [-0.1, -0.05) is 0 Å². The summed E-state index contributed by atoms with van der Waals surface area (Å²) in [5.41, 5.74) is 3.05. The van der Waals surface area contributed by atoms with Crippen LogP contribution in [0.2, 0.25) is 0 Å². The fraction of sp³-hybridized carbons (Fsp3) is 0. The Labute approximate surface area is 90.8 Å². The first-order valence-electron chi connectivity index (χ1n) is 4.54. The highest BCUT2D eigenvalue weighted by atomic mass is 32.1. The molecule has 0 saturated heterocycles. The van der Waals surface area contributed by atoms with Gasteiger partial charge in [-0.05, 0) is 18.2 Å².